The van der Waals surface area contributed by atoms with Gasteiger partial charge >= 0.3 is 21.3 Å². The van der Waals surface area contributed by atoms with Crippen LogP contribution in [-0.2, 0) is 28.4 Å². The first kappa shape index (κ1) is 22.1. The first-order chi connectivity index (χ1) is 12.1. The van der Waals surface area contributed by atoms with Crippen molar-refractivity contribution in [1.29, 1.82) is 0 Å². The SMILES string of the molecule is C[C@@]1(n2ccc(N)nc2=O)O[C@H](COP(=O)(O)OP(=O)(O)O)[C@@H](O)[C@@]1(C)O. The Bertz CT molecular complexity index is 867. The zero-order valence-electron chi connectivity index (χ0n) is 14.1. The van der Waals surface area contributed by atoms with Crippen LogP contribution in [0.5, 0.6) is 0 Å². The molecule has 154 valence electrons. The number of aliphatic hydroxyl groups is 2. The van der Waals surface area contributed by atoms with Crippen LogP contribution in [0.15, 0.2) is 17.1 Å². The standard InChI is InChI=1S/C11H19N3O11P2/c1-10(17)8(15)6(5-23-27(21,22)25-26(18,19)20)24-11(10,2)14-4-3-7(12)13-9(14)16/h3-4,6,8,15,17H,5H2,1-2H3,(H,21,22)(H2,12,13,16)(H2,18,19,20)/t6-,8-,10-,11-/m1/s1. The lowest BCUT2D eigenvalue weighted by Crippen LogP contribution is -2.56. The van der Waals surface area contributed by atoms with E-state index in [9.17, 15) is 29.0 Å². The van der Waals surface area contributed by atoms with Crippen molar-refractivity contribution in [3.05, 3.63) is 22.7 Å². The molecule has 5 atom stereocenters. The number of phosphoric ester groups is 1. The molecular formula is C11H19N3O11P2. The molecule has 14 nitrogen and oxygen atoms in total. The molecule has 0 aliphatic carbocycles. The smallest absolute Gasteiger partial charge is 0.387 e. The first-order valence-electron chi connectivity index (χ1n) is 7.27. The van der Waals surface area contributed by atoms with Gasteiger partial charge in [0.25, 0.3) is 0 Å². The van der Waals surface area contributed by atoms with Crippen molar-refractivity contribution in [1.82, 2.24) is 9.55 Å². The normalized spacial score (nSPS) is 33.7. The van der Waals surface area contributed by atoms with E-state index in [1.54, 1.807) is 0 Å². The highest BCUT2D eigenvalue weighted by molar-refractivity contribution is 7.60. The maximum atomic E-state index is 12.1. The monoisotopic (exact) mass is 431 g/mol. The highest BCUT2D eigenvalue weighted by atomic mass is 31.3. The number of phosphoric acid groups is 2. The second-order valence-electron chi connectivity index (χ2n) is 6.07. The molecular weight excluding hydrogens is 412 g/mol. The van der Waals surface area contributed by atoms with Crippen molar-refractivity contribution in [2.24, 2.45) is 0 Å². The summed E-state index contributed by atoms with van der Waals surface area (Å²) in [4.78, 5) is 42.0. The molecule has 0 spiro atoms. The Balaban J connectivity index is 2.27. The van der Waals surface area contributed by atoms with E-state index in [0.29, 0.717) is 0 Å². The number of hydrogen-bond acceptors (Lipinski definition) is 10. The number of aromatic nitrogens is 2. The van der Waals surface area contributed by atoms with E-state index in [1.165, 1.54) is 19.2 Å². The zero-order valence-corrected chi connectivity index (χ0v) is 15.9. The second kappa shape index (κ2) is 7.01. The molecule has 1 fully saturated rings. The van der Waals surface area contributed by atoms with Crippen LogP contribution in [0.1, 0.15) is 13.8 Å². The van der Waals surface area contributed by atoms with Crippen LogP contribution < -0.4 is 11.4 Å². The number of aliphatic hydroxyl groups excluding tert-OH is 1. The summed E-state index contributed by atoms with van der Waals surface area (Å²) in [7, 11) is -10.5. The van der Waals surface area contributed by atoms with Crippen molar-refractivity contribution in [3.8, 4) is 0 Å². The van der Waals surface area contributed by atoms with E-state index in [0.717, 1.165) is 11.5 Å². The van der Waals surface area contributed by atoms with E-state index in [2.05, 4.69) is 13.8 Å². The van der Waals surface area contributed by atoms with Crippen LogP contribution in [0.25, 0.3) is 0 Å². The molecule has 7 N–H and O–H groups in total. The van der Waals surface area contributed by atoms with Gasteiger partial charge in [-0.1, -0.05) is 0 Å². The number of anilines is 1. The topological polar surface area (TPSA) is 224 Å². The summed E-state index contributed by atoms with van der Waals surface area (Å²) in [5.74, 6) is -0.0891. The van der Waals surface area contributed by atoms with Gasteiger partial charge in [0.2, 0.25) is 0 Å². The molecule has 0 radical (unpaired) electrons. The molecule has 2 heterocycles. The van der Waals surface area contributed by atoms with E-state index >= 15 is 0 Å². The fourth-order valence-corrected chi connectivity index (χ4v) is 4.21. The molecule has 1 aromatic heterocycles. The summed E-state index contributed by atoms with van der Waals surface area (Å²) in [5, 5.41) is 21.0. The molecule has 0 bridgehead atoms. The number of rotatable bonds is 6. The summed E-state index contributed by atoms with van der Waals surface area (Å²) in [6.07, 6.45) is -2.04. The Labute approximate surface area is 152 Å². The highest BCUT2D eigenvalue weighted by Crippen LogP contribution is 2.58. The molecule has 16 heteroatoms. The minimum absolute atomic E-state index is 0.0891. The maximum absolute atomic E-state index is 12.1. The molecule has 1 aliphatic heterocycles. The lowest BCUT2D eigenvalue weighted by molar-refractivity contribution is -0.178. The van der Waals surface area contributed by atoms with E-state index in [1.807, 2.05) is 0 Å². The Morgan fingerprint density at radius 3 is 2.48 bits per heavy atom. The molecule has 0 amide bonds. The maximum Gasteiger partial charge on any atom is 0.481 e. The third-order valence-electron chi connectivity index (χ3n) is 4.14. The molecule has 0 aromatic carbocycles. The minimum Gasteiger partial charge on any atom is -0.387 e. The van der Waals surface area contributed by atoms with Gasteiger partial charge in [0.1, 0.15) is 23.6 Å². The van der Waals surface area contributed by atoms with Gasteiger partial charge < -0.3 is 35.4 Å². The second-order valence-corrected chi connectivity index (χ2v) is 8.90. The van der Waals surface area contributed by atoms with E-state index < -0.39 is 51.5 Å². The molecule has 1 aliphatic rings. The lowest BCUT2D eigenvalue weighted by Gasteiger charge is -2.37. The van der Waals surface area contributed by atoms with Gasteiger partial charge in [-0.05, 0) is 19.9 Å². The molecule has 1 saturated heterocycles. The van der Waals surface area contributed by atoms with Crippen LogP contribution in [0, 0.1) is 0 Å². The Kier molecular flexibility index (Phi) is 5.74. The lowest BCUT2D eigenvalue weighted by atomic mass is 9.88. The number of nitrogen functional groups attached to an aromatic ring is 1. The fraction of sp³-hybridized carbons (Fsp3) is 0.636. The third-order valence-corrected chi connectivity index (χ3v) is 6.30. The van der Waals surface area contributed by atoms with Gasteiger partial charge in [0.05, 0.1) is 6.61 Å². The van der Waals surface area contributed by atoms with Crippen LogP contribution in [0.3, 0.4) is 0 Å². The summed E-state index contributed by atoms with van der Waals surface area (Å²) in [6.45, 7) is 1.49. The fourth-order valence-electron chi connectivity index (χ4n) is 2.61. The molecule has 2 rings (SSSR count). The Morgan fingerprint density at radius 1 is 1.37 bits per heavy atom. The van der Waals surface area contributed by atoms with Crippen molar-refractivity contribution < 1.29 is 47.6 Å². The Morgan fingerprint density at radius 2 is 1.96 bits per heavy atom. The summed E-state index contributed by atoms with van der Waals surface area (Å²) in [6, 6.07) is 1.25. The predicted octanol–water partition coefficient (Wildman–Crippen LogP) is -1.76. The largest absolute Gasteiger partial charge is 0.481 e. The van der Waals surface area contributed by atoms with Crippen LogP contribution >= 0.6 is 15.6 Å². The summed E-state index contributed by atoms with van der Waals surface area (Å²) < 4.78 is 36.5. The summed E-state index contributed by atoms with van der Waals surface area (Å²) >= 11 is 0. The number of nitrogens with zero attached hydrogens (tertiary/aromatic N) is 2. The van der Waals surface area contributed by atoms with Crippen molar-refractivity contribution in [2.45, 2.75) is 37.4 Å². The molecule has 1 aromatic rings. The van der Waals surface area contributed by atoms with Crippen molar-refractivity contribution >= 4 is 21.5 Å². The van der Waals surface area contributed by atoms with Gasteiger partial charge in [-0.15, -0.1) is 0 Å². The van der Waals surface area contributed by atoms with Gasteiger partial charge in [-0.2, -0.15) is 9.29 Å². The Hall–Kier alpha value is -1.18. The third kappa shape index (κ3) is 4.46. The number of ether oxygens (including phenoxy) is 1. The predicted molar refractivity (Wildman–Crippen MR) is 87.0 cm³/mol. The van der Waals surface area contributed by atoms with Crippen LogP contribution in [-0.4, -0.2) is 58.9 Å². The van der Waals surface area contributed by atoms with Gasteiger partial charge in [0, 0.05) is 6.20 Å². The molecule has 0 saturated carbocycles. The molecule has 1 unspecified atom stereocenters. The van der Waals surface area contributed by atoms with Gasteiger partial charge in [-0.3, -0.25) is 9.09 Å². The number of hydrogen-bond donors (Lipinski definition) is 6. The quantitative estimate of drug-likeness (QED) is 0.275. The average Bonchev–Trinajstić information content (AvgIpc) is 2.64. The average molecular weight is 431 g/mol. The van der Waals surface area contributed by atoms with Gasteiger partial charge in [0.15, 0.2) is 5.72 Å². The highest BCUT2D eigenvalue weighted by Gasteiger charge is 2.61. The minimum atomic E-state index is -5.33. The zero-order chi connectivity index (χ0) is 20.8. The van der Waals surface area contributed by atoms with Crippen molar-refractivity contribution in [2.75, 3.05) is 12.3 Å². The molecule has 27 heavy (non-hydrogen) atoms. The van der Waals surface area contributed by atoms with E-state index in [-0.39, 0.29) is 5.82 Å². The first-order valence-corrected chi connectivity index (χ1v) is 10.3. The van der Waals surface area contributed by atoms with E-state index in [4.69, 9.17) is 20.3 Å². The van der Waals surface area contributed by atoms with Crippen molar-refractivity contribution in [3.63, 3.8) is 0 Å². The van der Waals surface area contributed by atoms with Crippen LogP contribution in [0.4, 0.5) is 5.82 Å². The summed E-state index contributed by atoms with van der Waals surface area (Å²) in [5.41, 5.74) is 0.513. The number of nitrogens with two attached hydrogens (primary N) is 1. The van der Waals surface area contributed by atoms with Gasteiger partial charge in [-0.25, -0.2) is 13.9 Å². The van der Waals surface area contributed by atoms with Crippen LogP contribution in [0.2, 0.25) is 0 Å².